The minimum atomic E-state index is -3.65. The molecular weight excluding hydrogens is 380 g/mol. The maximum absolute atomic E-state index is 12.5. The molecule has 0 unspecified atom stereocenters. The first-order chi connectivity index (χ1) is 11.9. The second kappa shape index (κ2) is 7.55. The van der Waals surface area contributed by atoms with E-state index in [0.29, 0.717) is 26.1 Å². The molecule has 0 bridgehead atoms. The maximum Gasteiger partial charge on any atom is 0.243 e. The van der Waals surface area contributed by atoms with Gasteiger partial charge in [-0.05, 0) is 55.0 Å². The van der Waals surface area contributed by atoms with Gasteiger partial charge in [0.2, 0.25) is 20.0 Å². The van der Waals surface area contributed by atoms with Crippen molar-refractivity contribution in [1.29, 1.82) is 0 Å². The van der Waals surface area contributed by atoms with Gasteiger partial charge >= 0.3 is 0 Å². The molecule has 2 heterocycles. The van der Waals surface area contributed by atoms with E-state index in [1.54, 1.807) is 11.3 Å². The summed E-state index contributed by atoms with van der Waals surface area (Å²) in [6.07, 6.45) is 2.35. The third-order valence-corrected chi connectivity index (χ3v) is 8.41. The van der Waals surface area contributed by atoms with Crippen LogP contribution in [0.25, 0.3) is 0 Å². The molecule has 6 nitrogen and oxygen atoms in total. The average molecular weight is 401 g/mol. The summed E-state index contributed by atoms with van der Waals surface area (Å²) in [4.78, 5) is 1.31. The normalized spacial score (nSPS) is 16.3. The zero-order valence-electron chi connectivity index (χ0n) is 13.6. The SMILES string of the molecule is O=S(=O)(NCCc1cccs1)c1ccc(S(=O)(=O)N2CCCC2)cc1. The van der Waals surface area contributed by atoms with E-state index in [0.717, 1.165) is 17.7 Å². The van der Waals surface area contributed by atoms with E-state index in [9.17, 15) is 16.8 Å². The zero-order valence-corrected chi connectivity index (χ0v) is 16.0. The lowest BCUT2D eigenvalue weighted by Gasteiger charge is -2.15. The van der Waals surface area contributed by atoms with Crippen LogP contribution in [0.5, 0.6) is 0 Å². The first kappa shape index (κ1) is 18.5. The molecule has 0 saturated carbocycles. The van der Waals surface area contributed by atoms with E-state index in [-0.39, 0.29) is 9.79 Å². The lowest BCUT2D eigenvalue weighted by molar-refractivity contribution is 0.477. The van der Waals surface area contributed by atoms with Crippen LogP contribution in [0.4, 0.5) is 0 Å². The van der Waals surface area contributed by atoms with Crippen molar-refractivity contribution in [3.05, 3.63) is 46.7 Å². The van der Waals surface area contributed by atoms with Crippen molar-refractivity contribution < 1.29 is 16.8 Å². The fourth-order valence-electron chi connectivity index (χ4n) is 2.72. The van der Waals surface area contributed by atoms with E-state index in [2.05, 4.69) is 4.72 Å². The summed E-state index contributed by atoms with van der Waals surface area (Å²) in [5, 5.41) is 1.95. The Kier molecular flexibility index (Phi) is 5.59. The first-order valence-electron chi connectivity index (χ1n) is 8.02. The van der Waals surface area contributed by atoms with Gasteiger partial charge in [0.25, 0.3) is 0 Å². The summed E-state index contributed by atoms with van der Waals surface area (Å²) >= 11 is 1.58. The molecule has 0 atom stereocenters. The van der Waals surface area contributed by atoms with Gasteiger partial charge in [-0.25, -0.2) is 21.6 Å². The van der Waals surface area contributed by atoms with Gasteiger partial charge in [0, 0.05) is 24.5 Å². The van der Waals surface area contributed by atoms with Crippen molar-refractivity contribution in [1.82, 2.24) is 9.03 Å². The molecule has 25 heavy (non-hydrogen) atoms. The molecule has 1 aliphatic rings. The number of rotatable bonds is 7. The third-order valence-electron chi connectivity index (χ3n) is 4.08. The third kappa shape index (κ3) is 4.29. The quantitative estimate of drug-likeness (QED) is 0.771. The lowest BCUT2D eigenvalue weighted by Crippen LogP contribution is -2.28. The summed E-state index contributed by atoms with van der Waals surface area (Å²) < 4.78 is 53.5. The molecule has 1 aromatic carbocycles. The second-order valence-corrected chi connectivity index (χ2v) is 10.5. The lowest BCUT2D eigenvalue weighted by atomic mass is 10.3. The van der Waals surface area contributed by atoms with Crippen LogP contribution in [0.15, 0.2) is 51.6 Å². The molecular formula is C16H20N2O4S3. The molecule has 0 aliphatic carbocycles. The van der Waals surface area contributed by atoms with Gasteiger partial charge in [0.15, 0.2) is 0 Å². The van der Waals surface area contributed by atoms with Gasteiger partial charge in [-0.15, -0.1) is 11.3 Å². The van der Waals surface area contributed by atoms with Crippen molar-refractivity contribution in [2.75, 3.05) is 19.6 Å². The number of thiophene rings is 1. The van der Waals surface area contributed by atoms with Gasteiger partial charge in [-0.2, -0.15) is 4.31 Å². The number of nitrogens with one attached hydrogen (secondary N) is 1. The fraction of sp³-hybridized carbons (Fsp3) is 0.375. The minimum absolute atomic E-state index is 0.0686. The Balaban J connectivity index is 1.68. The molecule has 136 valence electrons. The molecule has 3 rings (SSSR count). The van der Waals surface area contributed by atoms with Gasteiger partial charge in [-0.1, -0.05) is 6.07 Å². The smallest absolute Gasteiger partial charge is 0.211 e. The topological polar surface area (TPSA) is 83.5 Å². The first-order valence-corrected chi connectivity index (χ1v) is 11.8. The standard InChI is InChI=1S/C16H20N2O4S3/c19-24(20,17-10-9-14-4-3-13-23-14)15-5-7-16(8-6-15)25(21,22)18-11-1-2-12-18/h3-8,13,17H,1-2,9-12H2. The molecule has 1 fully saturated rings. The van der Waals surface area contributed by atoms with Crippen LogP contribution in [0.3, 0.4) is 0 Å². The van der Waals surface area contributed by atoms with Crippen LogP contribution in [0.1, 0.15) is 17.7 Å². The van der Waals surface area contributed by atoms with Crippen LogP contribution in [0, 0.1) is 0 Å². The van der Waals surface area contributed by atoms with Gasteiger partial charge in [-0.3, -0.25) is 0 Å². The molecule has 1 N–H and O–H groups in total. The highest BCUT2D eigenvalue weighted by Gasteiger charge is 2.27. The van der Waals surface area contributed by atoms with E-state index < -0.39 is 20.0 Å². The predicted octanol–water partition coefficient (Wildman–Crippen LogP) is 2.05. The Morgan fingerprint density at radius 1 is 0.960 bits per heavy atom. The Morgan fingerprint density at radius 3 is 2.20 bits per heavy atom. The van der Waals surface area contributed by atoms with Crippen LogP contribution in [-0.4, -0.2) is 40.8 Å². The van der Waals surface area contributed by atoms with Crippen LogP contribution in [0.2, 0.25) is 0 Å². The molecule has 1 saturated heterocycles. The molecule has 2 aromatic rings. The fourth-order valence-corrected chi connectivity index (χ4v) is 5.97. The van der Waals surface area contributed by atoms with Crippen molar-refractivity contribution in [3.8, 4) is 0 Å². The Labute approximate surface area is 152 Å². The summed E-state index contributed by atoms with van der Waals surface area (Å²) in [7, 11) is -7.18. The molecule has 0 amide bonds. The van der Waals surface area contributed by atoms with Crippen molar-refractivity contribution in [3.63, 3.8) is 0 Å². The van der Waals surface area contributed by atoms with Gasteiger partial charge in [0.1, 0.15) is 0 Å². The average Bonchev–Trinajstić information content (AvgIpc) is 3.29. The molecule has 9 heteroatoms. The highest BCUT2D eigenvalue weighted by molar-refractivity contribution is 7.89. The Morgan fingerprint density at radius 2 is 1.60 bits per heavy atom. The monoisotopic (exact) mass is 400 g/mol. The second-order valence-electron chi connectivity index (χ2n) is 5.81. The number of hydrogen-bond donors (Lipinski definition) is 1. The number of sulfonamides is 2. The number of nitrogens with zero attached hydrogens (tertiary/aromatic N) is 1. The van der Waals surface area contributed by atoms with E-state index in [1.807, 2.05) is 17.5 Å². The summed E-state index contributed by atoms with van der Waals surface area (Å²) in [6, 6.07) is 9.29. The summed E-state index contributed by atoms with van der Waals surface area (Å²) in [5.41, 5.74) is 0. The minimum Gasteiger partial charge on any atom is -0.211 e. The highest BCUT2D eigenvalue weighted by atomic mass is 32.2. The van der Waals surface area contributed by atoms with Gasteiger partial charge < -0.3 is 0 Å². The summed E-state index contributed by atoms with van der Waals surface area (Å²) in [5.74, 6) is 0. The molecule has 0 radical (unpaired) electrons. The Hall–Kier alpha value is -1.26. The van der Waals surface area contributed by atoms with Crippen molar-refractivity contribution in [2.45, 2.75) is 29.1 Å². The van der Waals surface area contributed by atoms with Crippen LogP contribution in [-0.2, 0) is 26.5 Å². The van der Waals surface area contributed by atoms with Crippen LogP contribution < -0.4 is 4.72 Å². The number of hydrogen-bond acceptors (Lipinski definition) is 5. The molecule has 0 spiro atoms. The van der Waals surface area contributed by atoms with E-state index in [4.69, 9.17) is 0 Å². The highest BCUT2D eigenvalue weighted by Crippen LogP contribution is 2.22. The molecule has 1 aliphatic heterocycles. The molecule has 1 aromatic heterocycles. The van der Waals surface area contributed by atoms with Gasteiger partial charge in [0.05, 0.1) is 9.79 Å². The largest absolute Gasteiger partial charge is 0.243 e. The van der Waals surface area contributed by atoms with Crippen molar-refractivity contribution >= 4 is 31.4 Å². The van der Waals surface area contributed by atoms with Crippen LogP contribution >= 0.6 is 11.3 Å². The zero-order chi connectivity index (χ0) is 17.9. The maximum atomic E-state index is 12.5. The Bertz CT molecular complexity index is 899. The summed E-state index contributed by atoms with van der Waals surface area (Å²) in [6.45, 7) is 1.34. The van der Waals surface area contributed by atoms with E-state index in [1.165, 1.54) is 28.6 Å². The van der Waals surface area contributed by atoms with E-state index >= 15 is 0 Å². The van der Waals surface area contributed by atoms with Crippen molar-refractivity contribution in [2.24, 2.45) is 0 Å². The number of benzene rings is 1. The predicted molar refractivity (Wildman–Crippen MR) is 97.6 cm³/mol.